The van der Waals surface area contributed by atoms with Crippen molar-refractivity contribution in [3.8, 4) is 0 Å². The summed E-state index contributed by atoms with van der Waals surface area (Å²) >= 11 is 5.59. The molecular weight excluding hydrogens is 234 g/mol. The van der Waals surface area contributed by atoms with Gasteiger partial charge in [0.05, 0.1) is 0 Å². The van der Waals surface area contributed by atoms with Crippen molar-refractivity contribution >= 4 is 17.5 Å². The second-order valence-corrected chi connectivity index (χ2v) is 6.97. The first-order valence-electron chi connectivity index (χ1n) is 6.96. The molecule has 4 aliphatic carbocycles. The fourth-order valence-corrected chi connectivity index (χ4v) is 5.22. The zero-order valence-electron chi connectivity index (χ0n) is 10.5. The van der Waals surface area contributed by atoms with Crippen LogP contribution in [0.2, 0.25) is 0 Å². The highest BCUT2D eigenvalue weighted by Gasteiger charge is 2.53. The molecule has 1 atom stereocenters. The molecule has 0 unspecified atom stereocenters. The topological polar surface area (TPSA) is 29.1 Å². The number of carbonyl (C=O) groups excluding carboxylic acids is 1. The van der Waals surface area contributed by atoms with Crippen molar-refractivity contribution in [1.29, 1.82) is 0 Å². The van der Waals surface area contributed by atoms with Crippen LogP contribution in [-0.2, 0) is 4.79 Å². The highest BCUT2D eigenvalue weighted by atomic mass is 35.5. The van der Waals surface area contributed by atoms with Crippen molar-refractivity contribution in [2.45, 2.75) is 51.5 Å². The summed E-state index contributed by atoms with van der Waals surface area (Å²) in [6.45, 7) is 2.19. The Balaban J connectivity index is 1.75. The minimum Gasteiger partial charge on any atom is -0.352 e. The number of halogens is 1. The third kappa shape index (κ3) is 1.99. The zero-order chi connectivity index (χ0) is 12.0. The Morgan fingerprint density at radius 2 is 1.71 bits per heavy atom. The Morgan fingerprint density at radius 3 is 2.12 bits per heavy atom. The molecule has 0 spiro atoms. The van der Waals surface area contributed by atoms with Crippen LogP contribution in [0.4, 0.5) is 0 Å². The summed E-state index contributed by atoms with van der Waals surface area (Å²) in [6, 6.07) is 0.308. The van der Waals surface area contributed by atoms with Gasteiger partial charge in [-0.15, -0.1) is 11.6 Å². The fourth-order valence-electron chi connectivity index (χ4n) is 5.14. The van der Waals surface area contributed by atoms with Gasteiger partial charge in [0.25, 0.3) is 0 Å². The molecule has 0 heterocycles. The first-order chi connectivity index (χ1) is 8.11. The van der Waals surface area contributed by atoms with E-state index in [1.807, 2.05) is 0 Å². The van der Waals surface area contributed by atoms with Crippen LogP contribution in [0, 0.1) is 23.2 Å². The van der Waals surface area contributed by atoms with E-state index in [0.717, 1.165) is 17.8 Å². The third-order valence-corrected chi connectivity index (χ3v) is 5.75. The number of rotatable bonds is 3. The highest BCUT2D eigenvalue weighted by molar-refractivity contribution is 6.27. The van der Waals surface area contributed by atoms with E-state index in [2.05, 4.69) is 12.2 Å². The molecular formula is C14H22ClNO. The van der Waals surface area contributed by atoms with Gasteiger partial charge in [-0.25, -0.2) is 0 Å². The van der Waals surface area contributed by atoms with Gasteiger partial charge in [-0.1, -0.05) is 0 Å². The molecule has 96 valence electrons. The maximum absolute atomic E-state index is 11.5. The maximum atomic E-state index is 11.5. The van der Waals surface area contributed by atoms with Gasteiger partial charge in [0.2, 0.25) is 5.91 Å². The van der Waals surface area contributed by atoms with Crippen LogP contribution in [0.3, 0.4) is 0 Å². The van der Waals surface area contributed by atoms with Crippen molar-refractivity contribution in [2.75, 3.05) is 5.88 Å². The van der Waals surface area contributed by atoms with Crippen LogP contribution in [0.25, 0.3) is 0 Å². The number of hydrogen-bond acceptors (Lipinski definition) is 1. The van der Waals surface area contributed by atoms with Gasteiger partial charge >= 0.3 is 0 Å². The molecule has 4 fully saturated rings. The normalized spacial score (nSPS) is 44.7. The molecule has 0 aromatic heterocycles. The van der Waals surface area contributed by atoms with Crippen molar-refractivity contribution in [3.05, 3.63) is 0 Å². The van der Waals surface area contributed by atoms with Crippen molar-refractivity contribution < 1.29 is 4.79 Å². The van der Waals surface area contributed by atoms with E-state index in [1.54, 1.807) is 0 Å². The number of hydrogen-bond donors (Lipinski definition) is 1. The number of amides is 1. The van der Waals surface area contributed by atoms with Crippen LogP contribution in [0.1, 0.15) is 45.4 Å². The molecule has 0 aromatic rings. The van der Waals surface area contributed by atoms with Gasteiger partial charge in [-0.05, 0) is 68.6 Å². The van der Waals surface area contributed by atoms with E-state index >= 15 is 0 Å². The molecule has 0 saturated heterocycles. The summed E-state index contributed by atoms with van der Waals surface area (Å²) in [4.78, 5) is 11.5. The predicted octanol–water partition coefficient (Wildman–Crippen LogP) is 2.95. The zero-order valence-corrected chi connectivity index (χ0v) is 11.3. The van der Waals surface area contributed by atoms with Crippen LogP contribution < -0.4 is 5.32 Å². The number of nitrogens with one attached hydrogen (secondary N) is 1. The minimum absolute atomic E-state index is 0.00471. The summed E-state index contributed by atoms with van der Waals surface area (Å²) < 4.78 is 0. The number of alkyl halides is 1. The largest absolute Gasteiger partial charge is 0.352 e. The summed E-state index contributed by atoms with van der Waals surface area (Å²) in [5.74, 6) is 2.91. The standard InChI is InChI=1S/C14H22ClNO/c1-9(16-13(17)8-15)14-5-10-2-11(6-14)4-12(3-10)7-14/h9-12H,2-8H2,1H3,(H,16,17)/t9-,10?,11?,12?,14?/m1/s1. The molecule has 17 heavy (non-hydrogen) atoms. The molecule has 0 aliphatic heterocycles. The van der Waals surface area contributed by atoms with Crippen molar-refractivity contribution in [2.24, 2.45) is 23.2 Å². The molecule has 4 saturated carbocycles. The van der Waals surface area contributed by atoms with E-state index in [4.69, 9.17) is 11.6 Å². The Kier molecular flexibility index (Phi) is 2.89. The first kappa shape index (κ1) is 11.8. The van der Waals surface area contributed by atoms with Crippen LogP contribution >= 0.6 is 11.6 Å². The van der Waals surface area contributed by atoms with Gasteiger partial charge in [0.1, 0.15) is 5.88 Å². The van der Waals surface area contributed by atoms with Gasteiger partial charge in [0, 0.05) is 6.04 Å². The highest BCUT2D eigenvalue weighted by Crippen LogP contribution is 2.61. The average molecular weight is 256 g/mol. The second kappa shape index (κ2) is 4.15. The molecule has 4 rings (SSSR count). The summed E-state index contributed by atoms with van der Waals surface area (Å²) in [5.41, 5.74) is 0.399. The smallest absolute Gasteiger partial charge is 0.235 e. The van der Waals surface area contributed by atoms with Crippen molar-refractivity contribution in [3.63, 3.8) is 0 Å². The lowest BCUT2D eigenvalue weighted by atomic mass is 9.48. The summed E-state index contributed by atoms with van der Waals surface area (Å²) in [7, 11) is 0. The molecule has 1 amide bonds. The molecule has 2 nitrogen and oxygen atoms in total. The lowest BCUT2D eigenvalue weighted by Gasteiger charge is -2.59. The van der Waals surface area contributed by atoms with E-state index in [9.17, 15) is 4.79 Å². The lowest BCUT2D eigenvalue weighted by molar-refractivity contribution is -0.123. The molecule has 4 bridgehead atoms. The third-order valence-electron chi connectivity index (χ3n) is 5.50. The minimum atomic E-state index is -0.00471. The SMILES string of the molecule is C[C@@H](NC(=O)CCl)C12CC3CC(CC(C3)C1)C2. The van der Waals surface area contributed by atoms with E-state index in [-0.39, 0.29) is 11.8 Å². The van der Waals surface area contributed by atoms with E-state index < -0.39 is 0 Å². The van der Waals surface area contributed by atoms with Gasteiger partial charge in [-0.2, -0.15) is 0 Å². The van der Waals surface area contributed by atoms with Gasteiger partial charge in [0.15, 0.2) is 0 Å². The quantitative estimate of drug-likeness (QED) is 0.772. The van der Waals surface area contributed by atoms with Crippen LogP contribution in [-0.4, -0.2) is 17.8 Å². The van der Waals surface area contributed by atoms with E-state index in [1.165, 1.54) is 38.5 Å². The Labute approximate surface area is 108 Å². The Hall–Kier alpha value is -0.240. The first-order valence-corrected chi connectivity index (χ1v) is 7.50. The van der Waals surface area contributed by atoms with Crippen LogP contribution in [0.5, 0.6) is 0 Å². The van der Waals surface area contributed by atoms with E-state index in [0.29, 0.717) is 11.5 Å². The van der Waals surface area contributed by atoms with Crippen molar-refractivity contribution in [1.82, 2.24) is 5.32 Å². The van der Waals surface area contributed by atoms with Gasteiger partial charge < -0.3 is 5.32 Å². The monoisotopic (exact) mass is 255 g/mol. The Bertz CT molecular complexity index is 293. The van der Waals surface area contributed by atoms with Crippen LogP contribution in [0.15, 0.2) is 0 Å². The predicted molar refractivity (Wildman–Crippen MR) is 68.9 cm³/mol. The average Bonchev–Trinajstić information content (AvgIpc) is 2.26. The molecule has 1 N–H and O–H groups in total. The fraction of sp³-hybridized carbons (Fsp3) is 0.929. The molecule has 0 aromatic carbocycles. The number of carbonyl (C=O) groups is 1. The molecule has 4 aliphatic rings. The summed E-state index contributed by atoms with van der Waals surface area (Å²) in [5, 5.41) is 3.12. The Morgan fingerprint density at radius 1 is 1.24 bits per heavy atom. The lowest BCUT2D eigenvalue weighted by Crippen LogP contribution is -2.56. The molecule has 3 heteroatoms. The van der Waals surface area contributed by atoms with Gasteiger partial charge in [-0.3, -0.25) is 4.79 Å². The molecule has 0 radical (unpaired) electrons. The summed E-state index contributed by atoms with van der Waals surface area (Å²) in [6.07, 6.45) is 8.37. The second-order valence-electron chi connectivity index (χ2n) is 6.70. The maximum Gasteiger partial charge on any atom is 0.235 e.